The first-order chi connectivity index (χ1) is 8.93. The van der Waals surface area contributed by atoms with E-state index in [9.17, 15) is 9.59 Å². The van der Waals surface area contributed by atoms with E-state index in [1.807, 2.05) is 39.8 Å². The SMILES string of the molecule is CCC(C)NC(=O)CNC(=O)c1ccc(C)c(C)c1. The van der Waals surface area contributed by atoms with E-state index in [4.69, 9.17) is 0 Å². The van der Waals surface area contributed by atoms with Gasteiger partial charge in [0.25, 0.3) is 5.91 Å². The molecule has 0 spiro atoms. The summed E-state index contributed by atoms with van der Waals surface area (Å²) < 4.78 is 0. The van der Waals surface area contributed by atoms with Crippen LogP contribution >= 0.6 is 0 Å². The second-order valence-electron chi connectivity index (χ2n) is 4.86. The van der Waals surface area contributed by atoms with Crippen molar-refractivity contribution in [2.24, 2.45) is 0 Å². The number of benzene rings is 1. The number of hydrogen-bond donors (Lipinski definition) is 2. The Kier molecular flexibility index (Phi) is 5.55. The van der Waals surface area contributed by atoms with Crippen molar-refractivity contribution in [3.8, 4) is 0 Å². The Labute approximate surface area is 114 Å². The third-order valence-electron chi connectivity index (χ3n) is 3.20. The summed E-state index contributed by atoms with van der Waals surface area (Å²) in [7, 11) is 0. The van der Waals surface area contributed by atoms with Crippen LogP contribution in [0.1, 0.15) is 41.8 Å². The van der Waals surface area contributed by atoms with Crippen LogP contribution in [-0.4, -0.2) is 24.4 Å². The Hall–Kier alpha value is -1.84. The van der Waals surface area contributed by atoms with Gasteiger partial charge in [-0.3, -0.25) is 9.59 Å². The maximum Gasteiger partial charge on any atom is 0.251 e. The van der Waals surface area contributed by atoms with E-state index in [1.54, 1.807) is 6.07 Å². The van der Waals surface area contributed by atoms with Crippen LogP contribution in [0.3, 0.4) is 0 Å². The van der Waals surface area contributed by atoms with Crippen molar-refractivity contribution in [2.45, 2.75) is 40.2 Å². The first-order valence-electron chi connectivity index (χ1n) is 6.58. The maximum absolute atomic E-state index is 11.9. The number of carbonyl (C=O) groups excluding carboxylic acids is 2. The van der Waals surface area contributed by atoms with Crippen molar-refractivity contribution in [1.29, 1.82) is 0 Å². The highest BCUT2D eigenvalue weighted by atomic mass is 16.2. The van der Waals surface area contributed by atoms with Gasteiger partial charge in [-0.25, -0.2) is 0 Å². The smallest absolute Gasteiger partial charge is 0.251 e. The third kappa shape index (κ3) is 4.73. The highest BCUT2D eigenvalue weighted by molar-refractivity contribution is 5.96. The molecule has 0 aliphatic rings. The number of carbonyl (C=O) groups is 2. The molecule has 0 saturated heterocycles. The van der Waals surface area contributed by atoms with E-state index in [1.165, 1.54) is 0 Å². The van der Waals surface area contributed by atoms with Gasteiger partial charge in [0, 0.05) is 11.6 Å². The number of hydrogen-bond acceptors (Lipinski definition) is 2. The second-order valence-corrected chi connectivity index (χ2v) is 4.86. The zero-order chi connectivity index (χ0) is 14.4. The number of amides is 2. The van der Waals surface area contributed by atoms with Gasteiger partial charge in [0.15, 0.2) is 0 Å². The first-order valence-corrected chi connectivity index (χ1v) is 6.58. The van der Waals surface area contributed by atoms with E-state index < -0.39 is 0 Å². The van der Waals surface area contributed by atoms with Crippen molar-refractivity contribution >= 4 is 11.8 Å². The summed E-state index contributed by atoms with van der Waals surface area (Å²) in [6.45, 7) is 7.90. The molecule has 2 amide bonds. The zero-order valence-corrected chi connectivity index (χ0v) is 12.0. The summed E-state index contributed by atoms with van der Waals surface area (Å²) in [6, 6.07) is 5.64. The van der Waals surface area contributed by atoms with Crippen molar-refractivity contribution in [2.75, 3.05) is 6.54 Å². The van der Waals surface area contributed by atoms with Crippen molar-refractivity contribution in [3.63, 3.8) is 0 Å². The molecule has 1 atom stereocenters. The summed E-state index contributed by atoms with van der Waals surface area (Å²) in [5, 5.41) is 5.43. The normalized spacial score (nSPS) is 11.8. The van der Waals surface area contributed by atoms with Gasteiger partial charge < -0.3 is 10.6 Å². The quantitative estimate of drug-likeness (QED) is 0.852. The monoisotopic (exact) mass is 262 g/mol. The molecule has 1 aromatic carbocycles. The van der Waals surface area contributed by atoms with Crippen LogP contribution in [0, 0.1) is 13.8 Å². The fraction of sp³-hybridized carbons (Fsp3) is 0.467. The minimum Gasteiger partial charge on any atom is -0.352 e. The molecule has 0 bridgehead atoms. The summed E-state index contributed by atoms with van der Waals surface area (Å²) in [6.07, 6.45) is 0.872. The fourth-order valence-corrected chi connectivity index (χ4v) is 1.57. The summed E-state index contributed by atoms with van der Waals surface area (Å²) in [5.41, 5.74) is 2.79. The predicted octanol–water partition coefficient (Wildman–Crippen LogP) is 1.95. The fourth-order valence-electron chi connectivity index (χ4n) is 1.57. The summed E-state index contributed by atoms with van der Waals surface area (Å²) in [4.78, 5) is 23.4. The Morgan fingerprint density at radius 1 is 1.21 bits per heavy atom. The lowest BCUT2D eigenvalue weighted by atomic mass is 10.1. The molecular weight excluding hydrogens is 240 g/mol. The van der Waals surface area contributed by atoms with E-state index >= 15 is 0 Å². The number of aryl methyl sites for hydroxylation is 2. The molecule has 0 heterocycles. The van der Waals surface area contributed by atoms with Crippen LogP contribution in [-0.2, 0) is 4.79 Å². The number of nitrogens with one attached hydrogen (secondary N) is 2. The molecule has 19 heavy (non-hydrogen) atoms. The lowest BCUT2D eigenvalue weighted by Gasteiger charge is -2.12. The molecule has 1 rings (SSSR count). The minimum absolute atomic E-state index is 0.0100. The number of rotatable bonds is 5. The molecule has 0 aromatic heterocycles. The van der Waals surface area contributed by atoms with Crippen molar-refractivity contribution in [1.82, 2.24) is 10.6 Å². The predicted molar refractivity (Wildman–Crippen MR) is 76.1 cm³/mol. The average Bonchev–Trinajstić information content (AvgIpc) is 2.39. The van der Waals surface area contributed by atoms with Gasteiger partial charge in [-0.2, -0.15) is 0 Å². The van der Waals surface area contributed by atoms with Gasteiger partial charge >= 0.3 is 0 Å². The van der Waals surface area contributed by atoms with Gasteiger partial charge in [0.05, 0.1) is 6.54 Å². The molecule has 0 fully saturated rings. The Balaban J connectivity index is 2.51. The Bertz CT molecular complexity index is 469. The zero-order valence-electron chi connectivity index (χ0n) is 12.0. The van der Waals surface area contributed by atoms with E-state index in [-0.39, 0.29) is 24.4 Å². The third-order valence-corrected chi connectivity index (χ3v) is 3.20. The van der Waals surface area contributed by atoms with Crippen LogP contribution in [0.2, 0.25) is 0 Å². The van der Waals surface area contributed by atoms with E-state index in [0.29, 0.717) is 5.56 Å². The van der Waals surface area contributed by atoms with Crippen LogP contribution in [0.15, 0.2) is 18.2 Å². The minimum atomic E-state index is -0.220. The van der Waals surface area contributed by atoms with Crippen molar-refractivity contribution < 1.29 is 9.59 Å². The maximum atomic E-state index is 11.9. The summed E-state index contributed by atoms with van der Waals surface area (Å²) >= 11 is 0. The molecule has 0 aliphatic heterocycles. The van der Waals surface area contributed by atoms with Crippen LogP contribution < -0.4 is 10.6 Å². The highest BCUT2D eigenvalue weighted by Crippen LogP contribution is 2.09. The molecule has 1 unspecified atom stereocenters. The van der Waals surface area contributed by atoms with Gasteiger partial charge in [-0.05, 0) is 50.5 Å². The van der Waals surface area contributed by atoms with Gasteiger partial charge in [0.1, 0.15) is 0 Å². The molecule has 104 valence electrons. The summed E-state index contributed by atoms with van der Waals surface area (Å²) in [5.74, 6) is -0.381. The molecule has 1 aromatic rings. The molecule has 0 radical (unpaired) electrons. The van der Waals surface area contributed by atoms with Gasteiger partial charge in [-0.15, -0.1) is 0 Å². The Morgan fingerprint density at radius 2 is 1.89 bits per heavy atom. The van der Waals surface area contributed by atoms with Gasteiger partial charge in [-0.1, -0.05) is 13.0 Å². The second kappa shape index (κ2) is 6.92. The molecule has 4 nitrogen and oxygen atoms in total. The molecule has 2 N–H and O–H groups in total. The molecule has 0 saturated carbocycles. The largest absolute Gasteiger partial charge is 0.352 e. The van der Waals surface area contributed by atoms with Gasteiger partial charge in [0.2, 0.25) is 5.91 Å². The average molecular weight is 262 g/mol. The Morgan fingerprint density at radius 3 is 2.47 bits per heavy atom. The van der Waals surface area contributed by atoms with E-state index in [2.05, 4.69) is 10.6 Å². The first kappa shape index (κ1) is 15.2. The van der Waals surface area contributed by atoms with Crippen LogP contribution in [0.5, 0.6) is 0 Å². The highest BCUT2D eigenvalue weighted by Gasteiger charge is 2.10. The topological polar surface area (TPSA) is 58.2 Å². The molecule has 4 heteroatoms. The standard InChI is InChI=1S/C15H22N2O2/c1-5-12(4)17-14(18)9-16-15(19)13-7-6-10(2)11(3)8-13/h6-8,12H,5,9H2,1-4H3,(H,16,19)(H,17,18). The lowest BCUT2D eigenvalue weighted by molar-refractivity contribution is -0.120. The molecular formula is C15H22N2O2. The lowest BCUT2D eigenvalue weighted by Crippen LogP contribution is -2.40. The molecule has 0 aliphatic carbocycles. The van der Waals surface area contributed by atoms with E-state index in [0.717, 1.165) is 17.5 Å². The van der Waals surface area contributed by atoms with Crippen LogP contribution in [0.4, 0.5) is 0 Å². The van der Waals surface area contributed by atoms with Crippen molar-refractivity contribution in [3.05, 3.63) is 34.9 Å². The van der Waals surface area contributed by atoms with Crippen LogP contribution in [0.25, 0.3) is 0 Å².